The Bertz CT molecular complexity index is 1140. The van der Waals surface area contributed by atoms with Gasteiger partial charge in [-0.3, -0.25) is 4.79 Å². The van der Waals surface area contributed by atoms with Gasteiger partial charge in [-0.05, 0) is 51.1 Å². The van der Waals surface area contributed by atoms with Crippen molar-refractivity contribution in [3.8, 4) is 11.5 Å². The molecule has 0 aliphatic carbocycles. The third kappa shape index (κ3) is 3.11. The molecule has 28 heavy (non-hydrogen) atoms. The first-order chi connectivity index (χ1) is 13.5. The number of fused-ring (bicyclic) bond motifs is 2. The first-order valence-electron chi connectivity index (χ1n) is 9.34. The maximum Gasteiger partial charge on any atom is 0.231 e. The largest absolute Gasteiger partial charge is 0.489 e. The molecule has 1 aliphatic heterocycles. The Morgan fingerprint density at radius 3 is 2.75 bits per heavy atom. The van der Waals surface area contributed by atoms with Gasteiger partial charge in [0, 0.05) is 35.3 Å². The fraction of sp³-hybridized carbons (Fsp3) is 0.208. The molecule has 0 amide bonds. The van der Waals surface area contributed by atoms with Crippen LogP contribution in [0.3, 0.4) is 0 Å². The number of carbonyl (C=O) groups excluding carboxylic acids is 1. The SMILES string of the molecule is CC(C)=CCOc1ccc2c(c1C)OC(=Cc1cn(C)c3ccccc13)C2=O. The first kappa shape index (κ1) is 18.1. The highest BCUT2D eigenvalue weighted by molar-refractivity contribution is 6.15. The van der Waals surface area contributed by atoms with E-state index in [9.17, 15) is 4.79 Å². The van der Waals surface area contributed by atoms with E-state index in [1.165, 1.54) is 5.57 Å². The number of rotatable bonds is 4. The Morgan fingerprint density at radius 1 is 1.18 bits per heavy atom. The van der Waals surface area contributed by atoms with Gasteiger partial charge < -0.3 is 14.0 Å². The number of aromatic nitrogens is 1. The minimum Gasteiger partial charge on any atom is -0.489 e. The number of allylic oxidation sites excluding steroid dienone is 2. The second-order valence-electron chi connectivity index (χ2n) is 7.31. The van der Waals surface area contributed by atoms with Crippen LogP contribution in [0, 0.1) is 6.92 Å². The lowest BCUT2D eigenvalue weighted by atomic mass is 10.1. The van der Waals surface area contributed by atoms with Crippen LogP contribution in [0.1, 0.15) is 35.3 Å². The zero-order chi connectivity index (χ0) is 19.8. The summed E-state index contributed by atoms with van der Waals surface area (Å²) in [5.41, 5.74) is 4.70. The predicted molar refractivity (Wildman–Crippen MR) is 112 cm³/mol. The maximum atomic E-state index is 12.9. The highest BCUT2D eigenvalue weighted by Crippen LogP contribution is 2.39. The second kappa shape index (κ2) is 7.04. The Kier molecular flexibility index (Phi) is 4.55. The second-order valence-corrected chi connectivity index (χ2v) is 7.31. The van der Waals surface area contributed by atoms with Crippen molar-refractivity contribution in [3.05, 3.63) is 76.7 Å². The molecule has 0 saturated heterocycles. The molecular formula is C24H23NO3. The van der Waals surface area contributed by atoms with Gasteiger partial charge in [0.05, 0.1) is 5.56 Å². The number of carbonyl (C=O) groups is 1. The van der Waals surface area contributed by atoms with Crippen molar-refractivity contribution in [2.24, 2.45) is 7.05 Å². The molecule has 1 aromatic heterocycles. The van der Waals surface area contributed by atoms with Gasteiger partial charge in [-0.2, -0.15) is 0 Å². The van der Waals surface area contributed by atoms with Crippen molar-refractivity contribution in [1.29, 1.82) is 0 Å². The van der Waals surface area contributed by atoms with Gasteiger partial charge in [-0.15, -0.1) is 0 Å². The van der Waals surface area contributed by atoms with Crippen molar-refractivity contribution in [2.75, 3.05) is 6.61 Å². The summed E-state index contributed by atoms with van der Waals surface area (Å²) in [5, 5.41) is 1.09. The van der Waals surface area contributed by atoms with Crippen LogP contribution in [0.2, 0.25) is 0 Å². The van der Waals surface area contributed by atoms with E-state index in [4.69, 9.17) is 9.47 Å². The summed E-state index contributed by atoms with van der Waals surface area (Å²) in [6.45, 7) is 6.48. The van der Waals surface area contributed by atoms with Gasteiger partial charge in [0.25, 0.3) is 0 Å². The van der Waals surface area contributed by atoms with Crippen LogP contribution in [0.4, 0.5) is 0 Å². The summed E-state index contributed by atoms with van der Waals surface area (Å²) in [6, 6.07) is 11.7. The van der Waals surface area contributed by atoms with Gasteiger partial charge >= 0.3 is 0 Å². The molecular weight excluding hydrogens is 350 g/mol. The number of para-hydroxylation sites is 1. The number of ketones is 1. The fourth-order valence-corrected chi connectivity index (χ4v) is 3.45. The van der Waals surface area contributed by atoms with Crippen molar-refractivity contribution in [1.82, 2.24) is 4.57 Å². The van der Waals surface area contributed by atoms with E-state index < -0.39 is 0 Å². The lowest BCUT2D eigenvalue weighted by Gasteiger charge is -2.10. The summed E-state index contributed by atoms with van der Waals surface area (Å²) >= 11 is 0. The molecule has 0 saturated carbocycles. The average molecular weight is 373 g/mol. The maximum absolute atomic E-state index is 12.9. The van der Waals surface area contributed by atoms with E-state index in [1.54, 1.807) is 6.07 Å². The zero-order valence-electron chi connectivity index (χ0n) is 16.6. The van der Waals surface area contributed by atoms with Gasteiger partial charge in [0.15, 0.2) is 5.76 Å². The van der Waals surface area contributed by atoms with Crippen LogP contribution in [0.25, 0.3) is 17.0 Å². The molecule has 0 bridgehead atoms. The molecule has 3 aromatic rings. The topological polar surface area (TPSA) is 40.5 Å². The standard InChI is InChI=1S/C24H23NO3/c1-15(2)11-12-27-21-10-9-19-23(26)22(28-24(19)16(21)3)13-17-14-25(4)20-8-6-5-7-18(17)20/h5-11,13-14H,12H2,1-4H3. The minimum absolute atomic E-state index is 0.0955. The quantitative estimate of drug-likeness (QED) is 0.451. The molecule has 0 spiro atoms. The predicted octanol–water partition coefficient (Wildman–Crippen LogP) is 5.45. The fourth-order valence-electron chi connectivity index (χ4n) is 3.45. The van der Waals surface area contributed by atoms with Crippen molar-refractivity contribution >= 4 is 22.8 Å². The van der Waals surface area contributed by atoms with E-state index in [0.717, 1.165) is 27.8 Å². The molecule has 2 heterocycles. The van der Waals surface area contributed by atoms with Gasteiger partial charge in [0.2, 0.25) is 5.78 Å². The summed E-state index contributed by atoms with van der Waals surface area (Å²) < 4.78 is 13.9. The zero-order valence-corrected chi connectivity index (χ0v) is 16.6. The van der Waals surface area contributed by atoms with Crippen molar-refractivity contribution < 1.29 is 14.3 Å². The Labute approximate surface area is 164 Å². The Balaban J connectivity index is 1.68. The first-order valence-corrected chi connectivity index (χ1v) is 9.34. The average Bonchev–Trinajstić information content (AvgIpc) is 3.16. The summed E-state index contributed by atoms with van der Waals surface area (Å²) in [7, 11) is 2.00. The van der Waals surface area contributed by atoms with Crippen LogP contribution in [0.5, 0.6) is 11.5 Å². The van der Waals surface area contributed by atoms with Crippen molar-refractivity contribution in [2.45, 2.75) is 20.8 Å². The van der Waals surface area contributed by atoms with Gasteiger partial charge in [0.1, 0.15) is 18.1 Å². The number of aryl methyl sites for hydroxylation is 1. The number of ether oxygens (including phenoxy) is 2. The van der Waals surface area contributed by atoms with Crippen LogP contribution in [0.15, 0.2) is 60.0 Å². The number of nitrogens with zero attached hydrogens (tertiary/aromatic N) is 1. The van der Waals surface area contributed by atoms with Crippen molar-refractivity contribution in [3.63, 3.8) is 0 Å². The van der Waals surface area contributed by atoms with Gasteiger partial charge in [-0.25, -0.2) is 0 Å². The number of Topliss-reactive ketones (excluding diaryl/α,β-unsaturated/α-hetero) is 1. The van der Waals surface area contributed by atoms with Crippen LogP contribution in [-0.4, -0.2) is 17.0 Å². The van der Waals surface area contributed by atoms with E-state index in [0.29, 0.717) is 23.7 Å². The normalized spacial score (nSPS) is 14.3. The van der Waals surface area contributed by atoms with E-state index in [-0.39, 0.29) is 5.78 Å². The summed E-state index contributed by atoms with van der Waals surface area (Å²) in [6.07, 6.45) is 5.86. The molecule has 0 fully saturated rings. The molecule has 0 radical (unpaired) electrons. The molecule has 2 aromatic carbocycles. The Hall–Kier alpha value is -3.27. The van der Waals surface area contributed by atoms with E-state index >= 15 is 0 Å². The molecule has 4 nitrogen and oxygen atoms in total. The molecule has 1 aliphatic rings. The number of hydrogen-bond acceptors (Lipinski definition) is 3. The van der Waals surface area contributed by atoms with E-state index in [1.807, 2.05) is 64.4 Å². The smallest absolute Gasteiger partial charge is 0.231 e. The minimum atomic E-state index is -0.0955. The lowest BCUT2D eigenvalue weighted by molar-refractivity contribution is 0.101. The molecule has 4 rings (SSSR count). The molecule has 142 valence electrons. The van der Waals surface area contributed by atoms with Crippen LogP contribution < -0.4 is 9.47 Å². The van der Waals surface area contributed by atoms with E-state index in [2.05, 4.69) is 16.7 Å². The molecule has 0 unspecified atom stereocenters. The molecule has 0 atom stereocenters. The Morgan fingerprint density at radius 2 is 1.96 bits per heavy atom. The molecule has 0 N–H and O–H groups in total. The monoisotopic (exact) mass is 373 g/mol. The van der Waals surface area contributed by atoms with Crippen LogP contribution >= 0.6 is 0 Å². The third-order valence-corrected chi connectivity index (χ3v) is 4.98. The summed E-state index contributed by atoms with van der Waals surface area (Å²) in [4.78, 5) is 12.9. The highest BCUT2D eigenvalue weighted by atomic mass is 16.5. The number of hydrogen-bond donors (Lipinski definition) is 0. The summed E-state index contributed by atoms with van der Waals surface area (Å²) in [5.74, 6) is 1.57. The highest BCUT2D eigenvalue weighted by Gasteiger charge is 2.30. The number of benzene rings is 2. The lowest BCUT2D eigenvalue weighted by Crippen LogP contribution is -1.98. The third-order valence-electron chi connectivity index (χ3n) is 4.98. The van der Waals surface area contributed by atoms with Gasteiger partial charge in [-0.1, -0.05) is 23.8 Å². The molecule has 4 heteroatoms. The van der Waals surface area contributed by atoms with Crippen LogP contribution in [-0.2, 0) is 7.05 Å².